The van der Waals surface area contributed by atoms with Crippen molar-refractivity contribution in [2.24, 2.45) is 5.92 Å². The number of hydrogen-bond acceptors (Lipinski definition) is 8. The number of carbonyl (C=O) groups is 3. The molecule has 2 heterocycles. The lowest BCUT2D eigenvalue weighted by Gasteiger charge is -2.30. The number of non-ortho nitro benzene ring substituents is 1. The number of piperidine rings is 1. The maximum absolute atomic E-state index is 13.0. The molecule has 13 heteroatoms. The van der Waals surface area contributed by atoms with Crippen LogP contribution in [0.25, 0.3) is 0 Å². The van der Waals surface area contributed by atoms with Crippen molar-refractivity contribution in [1.29, 1.82) is 0 Å². The number of nitro groups is 1. The van der Waals surface area contributed by atoms with Crippen LogP contribution in [0.5, 0.6) is 0 Å². The van der Waals surface area contributed by atoms with Crippen LogP contribution in [0.15, 0.2) is 47.4 Å². The zero-order valence-electron chi connectivity index (χ0n) is 18.3. The molecule has 2 amide bonds. The Bertz CT molecular complexity index is 1290. The minimum Gasteiger partial charge on any atom is -0.464 e. The Hall–Kier alpha value is -3.35. The molecule has 0 unspecified atom stereocenters. The van der Waals surface area contributed by atoms with Crippen LogP contribution >= 0.6 is 11.6 Å². The fourth-order valence-corrected chi connectivity index (χ4v) is 6.04. The predicted octanol–water partition coefficient (Wildman–Crippen LogP) is 2.49. The van der Waals surface area contributed by atoms with Gasteiger partial charge in [0, 0.05) is 25.2 Å². The number of benzene rings is 2. The fraction of sp³-hybridized carbons (Fsp3) is 0.318. The molecule has 11 nitrogen and oxygen atoms in total. The zero-order chi connectivity index (χ0) is 25.3. The third kappa shape index (κ3) is 4.77. The molecule has 2 aliphatic rings. The average molecular weight is 522 g/mol. The number of hydrogen-bond donors (Lipinski definition) is 0. The minimum absolute atomic E-state index is 0.000469. The molecule has 1 saturated heterocycles. The predicted molar refractivity (Wildman–Crippen MR) is 122 cm³/mol. The van der Waals surface area contributed by atoms with Crippen molar-refractivity contribution in [1.82, 2.24) is 9.21 Å². The molecule has 0 bridgehead atoms. The monoisotopic (exact) mass is 521 g/mol. The number of ether oxygens (including phenoxy) is 1. The minimum atomic E-state index is -4.10. The number of fused-ring (bicyclic) bond motifs is 1. The van der Waals surface area contributed by atoms with Crippen LogP contribution < -0.4 is 0 Å². The van der Waals surface area contributed by atoms with E-state index in [0.717, 1.165) is 27.4 Å². The van der Waals surface area contributed by atoms with E-state index in [9.17, 15) is 32.9 Å². The van der Waals surface area contributed by atoms with Crippen molar-refractivity contribution in [3.8, 4) is 0 Å². The lowest BCUT2D eigenvalue weighted by molar-refractivity contribution is -0.385. The van der Waals surface area contributed by atoms with Crippen molar-refractivity contribution >= 4 is 45.1 Å². The number of esters is 1. The van der Waals surface area contributed by atoms with Gasteiger partial charge in [0.1, 0.15) is 11.5 Å². The first kappa shape index (κ1) is 24.8. The number of sulfonamides is 1. The third-order valence-electron chi connectivity index (χ3n) is 5.97. The second kappa shape index (κ2) is 9.72. The molecule has 1 fully saturated rings. The Kier molecular flexibility index (Phi) is 6.88. The maximum Gasteiger partial charge on any atom is 0.309 e. The molecule has 0 atom stereocenters. The fourth-order valence-electron chi connectivity index (χ4n) is 4.07. The van der Waals surface area contributed by atoms with Gasteiger partial charge in [0.15, 0.2) is 0 Å². The molecule has 0 saturated carbocycles. The van der Waals surface area contributed by atoms with Gasteiger partial charge < -0.3 is 4.74 Å². The highest BCUT2D eigenvalue weighted by atomic mass is 35.5. The molecule has 0 spiro atoms. The Balaban J connectivity index is 1.31. The molecular weight excluding hydrogens is 502 g/mol. The van der Waals surface area contributed by atoms with E-state index in [1.807, 2.05) is 0 Å². The number of carbonyl (C=O) groups excluding carboxylic acids is 3. The summed E-state index contributed by atoms with van der Waals surface area (Å²) in [6.07, 6.45) is 0.356. The van der Waals surface area contributed by atoms with E-state index in [1.165, 1.54) is 0 Å². The Morgan fingerprint density at radius 3 is 2.26 bits per heavy atom. The smallest absolute Gasteiger partial charge is 0.309 e. The summed E-state index contributed by atoms with van der Waals surface area (Å²) in [6, 6.07) is 9.63. The molecule has 0 N–H and O–H groups in total. The van der Waals surface area contributed by atoms with Gasteiger partial charge in [-0.05, 0) is 31.0 Å². The molecule has 0 aliphatic carbocycles. The van der Waals surface area contributed by atoms with Crippen LogP contribution in [0.1, 0.15) is 33.6 Å². The highest BCUT2D eigenvalue weighted by molar-refractivity contribution is 7.89. The van der Waals surface area contributed by atoms with E-state index < -0.39 is 44.3 Å². The molecule has 2 aromatic rings. The summed E-state index contributed by atoms with van der Waals surface area (Å²) in [4.78, 5) is 48.2. The standard InChI is InChI=1S/C22H20ClN3O8S/c23-18-6-5-15(26(30)31)13-19(18)35(32,33)24-9-7-14(8-10-24)22(29)34-12-11-25-20(27)16-3-1-2-4-17(16)21(25)28/h1-6,13-14H,7-12H2. The van der Waals surface area contributed by atoms with E-state index in [-0.39, 0.29) is 49.0 Å². The van der Waals surface area contributed by atoms with Gasteiger partial charge >= 0.3 is 5.97 Å². The van der Waals surface area contributed by atoms with Crippen LogP contribution in [0.3, 0.4) is 0 Å². The van der Waals surface area contributed by atoms with Crippen molar-refractivity contribution in [2.75, 3.05) is 26.2 Å². The van der Waals surface area contributed by atoms with E-state index >= 15 is 0 Å². The number of nitrogens with zero attached hydrogens (tertiary/aromatic N) is 3. The van der Waals surface area contributed by atoms with Crippen LogP contribution in [0.2, 0.25) is 5.02 Å². The summed E-state index contributed by atoms with van der Waals surface area (Å²) in [5, 5.41) is 10.9. The van der Waals surface area contributed by atoms with Crippen molar-refractivity contribution in [3.63, 3.8) is 0 Å². The van der Waals surface area contributed by atoms with Crippen molar-refractivity contribution < 1.29 is 32.5 Å². The van der Waals surface area contributed by atoms with Crippen molar-refractivity contribution in [2.45, 2.75) is 17.7 Å². The van der Waals surface area contributed by atoms with Gasteiger partial charge in [-0.15, -0.1) is 0 Å². The Morgan fingerprint density at radius 1 is 1.09 bits per heavy atom. The van der Waals surface area contributed by atoms with E-state index in [0.29, 0.717) is 11.1 Å². The summed E-state index contributed by atoms with van der Waals surface area (Å²) < 4.78 is 32.3. The molecule has 4 rings (SSSR count). The molecule has 0 radical (unpaired) electrons. The highest BCUT2D eigenvalue weighted by Gasteiger charge is 2.36. The van der Waals surface area contributed by atoms with Gasteiger partial charge in [0.25, 0.3) is 17.5 Å². The lowest BCUT2D eigenvalue weighted by atomic mass is 9.98. The van der Waals surface area contributed by atoms with Gasteiger partial charge in [-0.1, -0.05) is 23.7 Å². The van der Waals surface area contributed by atoms with Crippen LogP contribution in [-0.2, 0) is 19.6 Å². The van der Waals surface area contributed by atoms with E-state index in [1.54, 1.807) is 24.3 Å². The van der Waals surface area contributed by atoms with Crippen molar-refractivity contribution in [3.05, 3.63) is 68.7 Å². The van der Waals surface area contributed by atoms with Gasteiger partial charge in [0.05, 0.1) is 33.5 Å². The molecule has 2 aliphatic heterocycles. The van der Waals surface area contributed by atoms with Gasteiger partial charge in [0.2, 0.25) is 10.0 Å². The Labute approximate surface area is 205 Å². The maximum atomic E-state index is 13.0. The van der Waals surface area contributed by atoms with Gasteiger partial charge in [-0.25, -0.2) is 8.42 Å². The first-order valence-corrected chi connectivity index (χ1v) is 12.5. The number of rotatable bonds is 7. The third-order valence-corrected chi connectivity index (χ3v) is 8.35. The van der Waals surface area contributed by atoms with E-state index in [2.05, 4.69) is 0 Å². The number of halogens is 1. The zero-order valence-corrected chi connectivity index (χ0v) is 19.8. The normalized spacial score (nSPS) is 16.9. The number of nitro benzene ring substituents is 1. The summed E-state index contributed by atoms with van der Waals surface area (Å²) in [7, 11) is -4.10. The number of imide groups is 1. The summed E-state index contributed by atoms with van der Waals surface area (Å²) in [5.41, 5.74) is 0.215. The second-order valence-electron chi connectivity index (χ2n) is 8.03. The highest BCUT2D eigenvalue weighted by Crippen LogP contribution is 2.31. The second-order valence-corrected chi connectivity index (χ2v) is 10.3. The van der Waals surface area contributed by atoms with E-state index in [4.69, 9.17) is 16.3 Å². The largest absolute Gasteiger partial charge is 0.464 e. The van der Waals surface area contributed by atoms with Crippen LogP contribution in [0.4, 0.5) is 5.69 Å². The lowest BCUT2D eigenvalue weighted by Crippen LogP contribution is -2.41. The molecule has 2 aromatic carbocycles. The first-order chi connectivity index (χ1) is 16.6. The average Bonchev–Trinajstić information content (AvgIpc) is 3.09. The Morgan fingerprint density at radius 2 is 1.69 bits per heavy atom. The molecule has 184 valence electrons. The topological polar surface area (TPSA) is 144 Å². The van der Waals surface area contributed by atoms with Gasteiger partial charge in [-0.3, -0.25) is 29.4 Å². The SMILES string of the molecule is O=C(OCCN1C(=O)c2ccccc2C1=O)C1CCN(S(=O)(=O)c2cc([N+](=O)[O-])ccc2Cl)CC1. The summed E-state index contributed by atoms with van der Waals surface area (Å²) in [6.45, 7) is -0.262. The molecule has 0 aromatic heterocycles. The van der Waals surface area contributed by atoms with Crippen LogP contribution in [0, 0.1) is 16.0 Å². The van der Waals surface area contributed by atoms with Crippen LogP contribution in [-0.4, -0.2) is 66.6 Å². The first-order valence-electron chi connectivity index (χ1n) is 10.7. The molecule has 35 heavy (non-hydrogen) atoms. The molecular formula is C22H20ClN3O8S. The quantitative estimate of drug-likeness (QED) is 0.234. The summed E-state index contributed by atoms with van der Waals surface area (Å²) >= 11 is 5.99. The number of amides is 2. The van der Waals surface area contributed by atoms with Gasteiger partial charge in [-0.2, -0.15) is 4.31 Å². The summed E-state index contributed by atoms with van der Waals surface area (Å²) in [5.74, 6) is -2.00.